The van der Waals surface area contributed by atoms with Gasteiger partial charge < -0.3 is 15.2 Å². The van der Waals surface area contributed by atoms with Gasteiger partial charge in [0.1, 0.15) is 0 Å². The van der Waals surface area contributed by atoms with Crippen LogP contribution in [0.15, 0.2) is 36.4 Å². The number of nitrogens with two attached hydrogens (primary N) is 1. The molecule has 4 heteroatoms. The lowest BCUT2D eigenvalue weighted by molar-refractivity contribution is 0.354. The van der Waals surface area contributed by atoms with E-state index in [0.29, 0.717) is 22.9 Å². The quantitative estimate of drug-likeness (QED) is 0.911. The molecule has 0 saturated carbocycles. The number of hydrogen-bond acceptors (Lipinski definition) is 3. The molecule has 0 amide bonds. The van der Waals surface area contributed by atoms with Gasteiger partial charge in [0.05, 0.1) is 14.2 Å². The van der Waals surface area contributed by atoms with Crippen LogP contribution in [0.2, 0.25) is 5.02 Å². The first kappa shape index (κ1) is 15.7. The van der Waals surface area contributed by atoms with E-state index in [1.807, 2.05) is 37.3 Å². The molecule has 21 heavy (non-hydrogen) atoms. The molecule has 112 valence electrons. The Morgan fingerprint density at radius 3 is 2.38 bits per heavy atom. The third-order valence-corrected chi connectivity index (χ3v) is 3.61. The Bertz CT molecular complexity index is 608. The Morgan fingerprint density at radius 2 is 1.76 bits per heavy atom. The highest BCUT2D eigenvalue weighted by Crippen LogP contribution is 2.29. The van der Waals surface area contributed by atoms with Gasteiger partial charge in [0.25, 0.3) is 0 Å². The van der Waals surface area contributed by atoms with Crippen molar-refractivity contribution in [2.75, 3.05) is 14.2 Å². The van der Waals surface area contributed by atoms with E-state index >= 15 is 0 Å². The Labute approximate surface area is 130 Å². The molecular weight excluding hydrogens is 286 g/mol. The van der Waals surface area contributed by atoms with Crippen molar-refractivity contribution in [1.82, 2.24) is 0 Å². The highest BCUT2D eigenvalue weighted by molar-refractivity contribution is 6.30. The zero-order chi connectivity index (χ0) is 15.4. The summed E-state index contributed by atoms with van der Waals surface area (Å²) in [6.45, 7) is 2.01. The zero-order valence-corrected chi connectivity index (χ0v) is 13.3. The zero-order valence-electron chi connectivity index (χ0n) is 12.5. The fourth-order valence-corrected chi connectivity index (χ4v) is 2.66. The molecule has 0 aliphatic rings. The van der Waals surface area contributed by atoms with Crippen molar-refractivity contribution in [1.29, 1.82) is 0 Å². The van der Waals surface area contributed by atoms with Gasteiger partial charge in [-0.05, 0) is 54.3 Å². The molecule has 0 spiro atoms. The number of halogens is 1. The molecule has 0 aliphatic heterocycles. The second-order valence-corrected chi connectivity index (χ2v) is 5.50. The second-order valence-electron chi connectivity index (χ2n) is 5.06. The van der Waals surface area contributed by atoms with Gasteiger partial charge in [-0.1, -0.05) is 23.7 Å². The average Bonchev–Trinajstić information content (AvgIpc) is 2.46. The minimum atomic E-state index is -0.111. The molecule has 2 aromatic rings. The molecule has 2 N–H and O–H groups in total. The van der Waals surface area contributed by atoms with Gasteiger partial charge in [0.2, 0.25) is 0 Å². The van der Waals surface area contributed by atoms with Crippen LogP contribution in [0.3, 0.4) is 0 Å². The van der Waals surface area contributed by atoms with Gasteiger partial charge >= 0.3 is 0 Å². The first-order valence-corrected chi connectivity index (χ1v) is 7.15. The van der Waals surface area contributed by atoms with E-state index in [9.17, 15) is 0 Å². The van der Waals surface area contributed by atoms with Crippen LogP contribution in [-0.2, 0) is 6.42 Å². The van der Waals surface area contributed by atoms with E-state index in [1.165, 1.54) is 0 Å². The van der Waals surface area contributed by atoms with Gasteiger partial charge in [-0.3, -0.25) is 0 Å². The van der Waals surface area contributed by atoms with Crippen LogP contribution in [0.1, 0.15) is 22.7 Å². The number of rotatable bonds is 5. The number of ether oxygens (including phenoxy) is 2. The van der Waals surface area contributed by atoms with Crippen LogP contribution in [0.5, 0.6) is 11.5 Å². The third-order valence-electron chi connectivity index (χ3n) is 3.40. The molecule has 0 aliphatic carbocycles. The molecule has 3 nitrogen and oxygen atoms in total. The van der Waals surface area contributed by atoms with Crippen molar-refractivity contribution < 1.29 is 9.47 Å². The number of hydrogen-bond donors (Lipinski definition) is 1. The lowest BCUT2D eigenvalue weighted by Crippen LogP contribution is -2.13. The normalized spacial score (nSPS) is 12.0. The van der Waals surface area contributed by atoms with Gasteiger partial charge in [-0.2, -0.15) is 0 Å². The molecule has 2 rings (SSSR count). The van der Waals surface area contributed by atoms with Gasteiger partial charge in [-0.25, -0.2) is 0 Å². The molecule has 1 atom stereocenters. The molecular formula is C17H20ClNO2. The van der Waals surface area contributed by atoms with E-state index in [4.69, 9.17) is 26.8 Å². The Hall–Kier alpha value is -1.71. The third kappa shape index (κ3) is 3.90. The summed E-state index contributed by atoms with van der Waals surface area (Å²) in [7, 11) is 3.25. The molecule has 1 unspecified atom stereocenters. The fraction of sp³-hybridized carbons (Fsp3) is 0.294. The minimum Gasteiger partial charge on any atom is -0.493 e. The van der Waals surface area contributed by atoms with E-state index in [0.717, 1.165) is 16.7 Å². The standard InChI is InChI=1S/C17H20ClNO2/c1-11-6-13(10-14(18)7-11)15(19)8-12-4-5-16(20-2)17(9-12)21-3/h4-7,9-10,15H,8,19H2,1-3H3. The number of aryl methyl sites for hydroxylation is 1. The summed E-state index contributed by atoms with van der Waals surface area (Å²) < 4.78 is 10.6. The van der Waals surface area contributed by atoms with Gasteiger partial charge in [-0.15, -0.1) is 0 Å². The highest BCUT2D eigenvalue weighted by atomic mass is 35.5. The first-order valence-electron chi connectivity index (χ1n) is 6.77. The molecule has 0 fully saturated rings. The lowest BCUT2D eigenvalue weighted by atomic mass is 9.98. The van der Waals surface area contributed by atoms with E-state index in [-0.39, 0.29) is 6.04 Å². The fourth-order valence-electron chi connectivity index (χ4n) is 2.36. The van der Waals surface area contributed by atoms with Crippen molar-refractivity contribution in [3.8, 4) is 11.5 Å². The molecule has 2 aromatic carbocycles. The summed E-state index contributed by atoms with van der Waals surface area (Å²) in [5, 5.41) is 0.716. The molecule has 0 radical (unpaired) electrons. The smallest absolute Gasteiger partial charge is 0.160 e. The Balaban J connectivity index is 2.20. The van der Waals surface area contributed by atoms with Crippen molar-refractivity contribution in [3.05, 3.63) is 58.1 Å². The van der Waals surface area contributed by atoms with Gasteiger partial charge in [0.15, 0.2) is 11.5 Å². The van der Waals surface area contributed by atoms with E-state index < -0.39 is 0 Å². The molecule has 0 aromatic heterocycles. The highest BCUT2D eigenvalue weighted by Gasteiger charge is 2.11. The van der Waals surface area contributed by atoms with Crippen LogP contribution >= 0.6 is 11.6 Å². The SMILES string of the molecule is COc1ccc(CC(N)c2cc(C)cc(Cl)c2)cc1OC. The summed E-state index contributed by atoms with van der Waals surface area (Å²) in [4.78, 5) is 0. The van der Waals surface area contributed by atoms with Gasteiger partial charge in [0, 0.05) is 11.1 Å². The topological polar surface area (TPSA) is 44.5 Å². The monoisotopic (exact) mass is 305 g/mol. The van der Waals surface area contributed by atoms with Crippen LogP contribution < -0.4 is 15.2 Å². The van der Waals surface area contributed by atoms with Crippen LogP contribution in [0.25, 0.3) is 0 Å². The summed E-state index contributed by atoms with van der Waals surface area (Å²) in [6, 6.07) is 11.6. The average molecular weight is 306 g/mol. The molecule has 0 bridgehead atoms. The predicted molar refractivity (Wildman–Crippen MR) is 86.4 cm³/mol. The molecule has 0 heterocycles. The largest absolute Gasteiger partial charge is 0.493 e. The lowest BCUT2D eigenvalue weighted by Gasteiger charge is -2.15. The van der Waals surface area contributed by atoms with Crippen molar-refractivity contribution in [3.63, 3.8) is 0 Å². The van der Waals surface area contributed by atoms with E-state index in [2.05, 4.69) is 6.07 Å². The number of methoxy groups -OCH3 is 2. The minimum absolute atomic E-state index is 0.111. The summed E-state index contributed by atoms with van der Waals surface area (Å²) in [6.07, 6.45) is 0.708. The van der Waals surface area contributed by atoms with Crippen molar-refractivity contribution in [2.24, 2.45) is 5.73 Å². The van der Waals surface area contributed by atoms with Crippen LogP contribution in [0.4, 0.5) is 0 Å². The summed E-state index contributed by atoms with van der Waals surface area (Å²) in [5.41, 5.74) is 9.54. The predicted octanol–water partition coefficient (Wildman–Crippen LogP) is 3.91. The van der Waals surface area contributed by atoms with Crippen LogP contribution in [-0.4, -0.2) is 14.2 Å². The Morgan fingerprint density at radius 1 is 1.05 bits per heavy atom. The van der Waals surface area contributed by atoms with Crippen molar-refractivity contribution in [2.45, 2.75) is 19.4 Å². The number of benzene rings is 2. The maximum absolute atomic E-state index is 6.30. The molecule has 0 saturated heterocycles. The maximum Gasteiger partial charge on any atom is 0.160 e. The second kappa shape index (κ2) is 6.83. The summed E-state index contributed by atoms with van der Waals surface area (Å²) >= 11 is 6.09. The first-order chi connectivity index (χ1) is 10.0. The van der Waals surface area contributed by atoms with Crippen LogP contribution in [0, 0.1) is 6.92 Å². The maximum atomic E-state index is 6.30. The Kier molecular flexibility index (Phi) is 5.10. The van der Waals surface area contributed by atoms with Crippen molar-refractivity contribution >= 4 is 11.6 Å². The summed E-state index contributed by atoms with van der Waals surface area (Å²) in [5.74, 6) is 1.43. The van der Waals surface area contributed by atoms with E-state index in [1.54, 1.807) is 14.2 Å².